The number of hydrogen-bond acceptors (Lipinski definition) is 7. The van der Waals surface area contributed by atoms with Gasteiger partial charge in [0.05, 0.1) is 16.6 Å². The third-order valence-corrected chi connectivity index (χ3v) is 6.97. The van der Waals surface area contributed by atoms with Crippen LogP contribution in [0.5, 0.6) is 5.75 Å². The number of nitrogens with one attached hydrogen (secondary N) is 3. The monoisotopic (exact) mass is 545 g/mol. The second-order valence-corrected chi connectivity index (χ2v) is 9.51. The zero-order valence-corrected chi connectivity index (χ0v) is 21.7. The van der Waals surface area contributed by atoms with Crippen molar-refractivity contribution in [3.63, 3.8) is 0 Å². The van der Waals surface area contributed by atoms with Gasteiger partial charge in [0.15, 0.2) is 5.82 Å². The number of pyridine rings is 1. The normalized spacial score (nSPS) is 14.2. The van der Waals surface area contributed by atoms with Crippen LogP contribution in [0.15, 0.2) is 72.1 Å². The third-order valence-electron chi connectivity index (χ3n) is 6.11. The number of rotatable bonds is 6. The second-order valence-electron chi connectivity index (χ2n) is 8.56. The van der Waals surface area contributed by atoms with E-state index in [4.69, 9.17) is 0 Å². The Labute approximate surface area is 229 Å². The third kappa shape index (κ3) is 5.68. The molecule has 3 heterocycles. The molecule has 1 aliphatic rings. The highest BCUT2D eigenvalue weighted by molar-refractivity contribution is 7.12. The number of carbonyl (C=O) groups is 2. The van der Waals surface area contributed by atoms with Crippen molar-refractivity contribution in [2.24, 2.45) is 0 Å². The predicted octanol–water partition coefficient (Wildman–Crippen LogP) is 5.42. The first-order valence-corrected chi connectivity index (χ1v) is 12.6. The van der Waals surface area contributed by atoms with E-state index in [1.807, 2.05) is 6.07 Å². The summed E-state index contributed by atoms with van der Waals surface area (Å²) in [6.07, 6.45) is 1.74. The quantitative estimate of drug-likeness (QED) is 0.256. The number of amides is 2. The summed E-state index contributed by atoms with van der Waals surface area (Å²) in [4.78, 5) is 30.5. The fraction of sp³-hybridized carbons (Fsp3) is 0.143. The van der Waals surface area contributed by atoms with E-state index in [1.54, 1.807) is 66.0 Å². The van der Waals surface area contributed by atoms with Crippen molar-refractivity contribution in [3.05, 3.63) is 82.6 Å². The van der Waals surface area contributed by atoms with E-state index >= 15 is 0 Å². The Hall–Kier alpha value is -4.23. The largest absolute Gasteiger partial charge is 0.507 e. The van der Waals surface area contributed by atoms with Crippen LogP contribution < -0.4 is 16.0 Å². The number of anilines is 2. The number of phenols is 1. The second kappa shape index (κ2) is 11.9. The Morgan fingerprint density at radius 1 is 1.05 bits per heavy atom. The van der Waals surface area contributed by atoms with Crippen molar-refractivity contribution in [1.29, 1.82) is 5.26 Å². The van der Waals surface area contributed by atoms with Gasteiger partial charge >= 0.3 is 0 Å². The van der Waals surface area contributed by atoms with E-state index in [2.05, 4.69) is 27.0 Å². The molecule has 2 aromatic carbocycles. The topological polar surface area (TPSA) is 127 Å². The SMILES string of the molecule is Cl.N#Cc1c(-c2cccc(NC(=O)[C@@H]3CCCN3)c2)cc(-c2ccccc2O)nc1NC(=O)c1cccs1. The lowest BCUT2D eigenvalue weighted by atomic mass is 9.97. The zero-order valence-electron chi connectivity index (χ0n) is 20.1. The van der Waals surface area contributed by atoms with Gasteiger partial charge in [0.1, 0.15) is 17.4 Å². The van der Waals surface area contributed by atoms with Gasteiger partial charge in [0.25, 0.3) is 5.91 Å². The molecule has 4 aromatic rings. The molecule has 1 fully saturated rings. The minimum atomic E-state index is -0.385. The van der Waals surface area contributed by atoms with Crippen molar-refractivity contribution in [3.8, 4) is 34.2 Å². The summed E-state index contributed by atoms with van der Waals surface area (Å²) in [5.41, 5.74) is 2.76. The zero-order chi connectivity index (χ0) is 25.8. The molecule has 38 heavy (non-hydrogen) atoms. The van der Waals surface area contributed by atoms with E-state index in [-0.39, 0.29) is 47.4 Å². The molecule has 0 spiro atoms. The molecule has 2 amide bonds. The van der Waals surface area contributed by atoms with Crippen LogP contribution in [0.4, 0.5) is 11.5 Å². The molecule has 1 atom stereocenters. The molecule has 0 aliphatic carbocycles. The number of thiophene rings is 1. The van der Waals surface area contributed by atoms with Crippen LogP contribution in [-0.2, 0) is 4.79 Å². The van der Waals surface area contributed by atoms with Crippen molar-refractivity contribution >= 4 is 47.1 Å². The highest BCUT2D eigenvalue weighted by atomic mass is 35.5. The standard InChI is InChI=1S/C28H23N5O3S.ClH/c29-16-21-20(17-6-3-7-18(14-17)31-27(35)22-9-4-12-30-22)15-23(19-8-1-2-10-24(19)34)32-26(21)33-28(36)25-11-5-13-37-25;/h1-3,5-8,10-11,13-15,22,30,34H,4,9,12H2,(H,31,35)(H,32,33,36);1H/t22-;/m0./s1. The fourth-order valence-electron chi connectivity index (χ4n) is 4.28. The molecule has 0 unspecified atom stereocenters. The molecular weight excluding hydrogens is 522 g/mol. The van der Waals surface area contributed by atoms with E-state index in [0.29, 0.717) is 32.9 Å². The molecule has 10 heteroatoms. The number of aromatic hydroxyl groups is 1. The number of hydrogen-bond donors (Lipinski definition) is 4. The minimum Gasteiger partial charge on any atom is -0.507 e. The van der Waals surface area contributed by atoms with Gasteiger partial charge in [-0.1, -0.05) is 30.3 Å². The number of aromatic nitrogens is 1. The van der Waals surface area contributed by atoms with Crippen LogP contribution >= 0.6 is 23.7 Å². The van der Waals surface area contributed by atoms with Crippen LogP contribution in [-0.4, -0.2) is 34.5 Å². The maximum absolute atomic E-state index is 12.9. The molecule has 1 aliphatic heterocycles. The summed E-state index contributed by atoms with van der Waals surface area (Å²) in [5.74, 6) is -0.388. The van der Waals surface area contributed by atoms with Crippen molar-refractivity contribution in [2.75, 3.05) is 17.2 Å². The Kier molecular flexibility index (Phi) is 8.38. The first-order valence-electron chi connectivity index (χ1n) is 11.8. The van der Waals surface area contributed by atoms with E-state index in [0.717, 1.165) is 19.4 Å². The Balaban J connectivity index is 0.00000336. The number of nitrogens with zero attached hydrogens (tertiary/aromatic N) is 2. The first kappa shape index (κ1) is 26.8. The fourth-order valence-corrected chi connectivity index (χ4v) is 4.90. The average Bonchev–Trinajstić information content (AvgIpc) is 3.64. The van der Waals surface area contributed by atoms with Gasteiger partial charge in [-0.25, -0.2) is 4.98 Å². The highest BCUT2D eigenvalue weighted by Gasteiger charge is 2.23. The Morgan fingerprint density at radius 3 is 2.61 bits per heavy atom. The molecule has 1 saturated heterocycles. The number of nitriles is 1. The number of carbonyl (C=O) groups excluding carboxylic acids is 2. The van der Waals surface area contributed by atoms with Crippen molar-refractivity contribution < 1.29 is 14.7 Å². The Morgan fingerprint density at radius 2 is 1.89 bits per heavy atom. The van der Waals surface area contributed by atoms with E-state index < -0.39 is 0 Å². The number of benzene rings is 2. The van der Waals surface area contributed by atoms with Crippen LogP contribution in [0, 0.1) is 11.3 Å². The molecule has 192 valence electrons. The summed E-state index contributed by atoms with van der Waals surface area (Å²) >= 11 is 1.28. The van der Waals surface area contributed by atoms with Crippen molar-refractivity contribution in [1.82, 2.24) is 10.3 Å². The smallest absolute Gasteiger partial charge is 0.266 e. The van der Waals surface area contributed by atoms with Crippen molar-refractivity contribution in [2.45, 2.75) is 18.9 Å². The van der Waals surface area contributed by atoms with E-state index in [9.17, 15) is 20.0 Å². The number of phenolic OH excluding ortho intramolecular Hbond substituents is 1. The molecular formula is C28H24ClN5O3S. The number of halogens is 1. The lowest BCUT2D eigenvalue weighted by molar-refractivity contribution is -0.117. The summed E-state index contributed by atoms with van der Waals surface area (Å²) in [7, 11) is 0. The average molecular weight is 546 g/mol. The highest BCUT2D eigenvalue weighted by Crippen LogP contribution is 2.36. The molecule has 5 rings (SSSR count). The first-order chi connectivity index (χ1) is 18.0. The molecule has 4 N–H and O–H groups in total. The predicted molar refractivity (Wildman–Crippen MR) is 151 cm³/mol. The lowest BCUT2D eigenvalue weighted by Crippen LogP contribution is -2.35. The maximum atomic E-state index is 12.9. The summed E-state index contributed by atoms with van der Waals surface area (Å²) < 4.78 is 0. The van der Waals surface area contributed by atoms with Crippen LogP contribution in [0.3, 0.4) is 0 Å². The summed E-state index contributed by atoms with van der Waals surface area (Å²) in [6, 6.07) is 21.0. The molecule has 2 aromatic heterocycles. The summed E-state index contributed by atoms with van der Waals surface area (Å²) in [6.45, 7) is 0.815. The van der Waals surface area contributed by atoms with Gasteiger partial charge in [-0.15, -0.1) is 23.7 Å². The number of para-hydroxylation sites is 1. The molecule has 0 radical (unpaired) electrons. The van der Waals surface area contributed by atoms with Gasteiger partial charge in [0.2, 0.25) is 5.91 Å². The van der Waals surface area contributed by atoms with Gasteiger partial charge in [-0.05, 0) is 66.7 Å². The van der Waals surface area contributed by atoms with Gasteiger partial charge in [-0.2, -0.15) is 5.26 Å². The molecule has 0 saturated carbocycles. The van der Waals surface area contributed by atoms with E-state index in [1.165, 1.54) is 11.3 Å². The lowest BCUT2D eigenvalue weighted by Gasteiger charge is -2.15. The van der Waals surface area contributed by atoms with Crippen LogP contribution in [0.2, 0.25) is 0 Å². The van der Waals surface area contributed by atoms with Crippen LogP contribution in [0.1, 0.15) is 28.1 Å². The molecule has 0 bridgehead atoms. The Bertz CT molecular complexity index is 1510. The minimum absolute atomic E-state index is 0. The van der Waals surface area contributed by atoms with Gasteiger partial charge in [-0.3, -0.25) is 9.59 Å². The van der Waals surface area contributed by atoms with Gasteiger partial charge < -0.3 is 21.1 Å². The maximum Gasteiger partial charge on any atom is 0.266 e. The summed E-state index contributed by atoms with van der Waals surface area (Å²) in [5, 5.41) is 31.3. The van der Waals surface area contributed by atoms with Gasteiger partial charge in [0, 0.05) is 16.8 Å². The molecule has 8 nitrogen and oxygen atoms in total. The van der Waals surface area contributed by atoms with Crippen LogP contribution in [0.25, 0.3) is 22.4 Å².